The van der Waals surface area contributed by atoms with Crippen molar-refractivity contribution in [3.05, 3.63) is 58.8 Å². The molecule has 3 aromatic rings. The van der Waals surface area contributed by atoms with Crippen LogP contribution in [0.3, 0.4) is 0 Å². The molecule has 4 rings (SSSR count). The van der Waals surface area contributed by atoms with Crippen molar-refractivity contribution in [2.45, 2.75) is 25.6 Å². The molecular weight excluding hydrogens is 407 g/mol. The predicted octanol–water partition coefficient (Wildman–Crippen LogP) is 4.03. The Hall–Kier alpha value is -2.94. The Morgan fingerprint density at radius 3 is 2.52 bits per heavy atom. The maximum Gasteiger partial charge on any atom is 0.434 e. The van der Waals surface area contributed by atoms with Crippen molar-refractivity contribution in [3.8, 4) is 11.4 Å². The molecule has 0 spiro atoms. The summed E-state index contributed by atoms with van der Waals surface area (Å²) in [5, 5.41) is 0.0639. The second-order valence-corrected chi connectivity index (χ2v) is 7.06. The average molecular weight is 422 g/mol. The summed E-state index contributed by atoms with van der Waals surface area (Å²) in [5.74, 6) is 0.627. The van der Waals surface area contributed by atoms with Gasteiger partial charge in [0.25, 0.3) is 0 Å². The van der Waals surface area contributed by atoms with Crippen molar-refractivity contribution >= 4 is 23.3 Å². The lowest BCUT2D eigenvalue weighted by molar-refractivity contribution is -0.140. The highest BCUT2D eigenvalue weighted by molar-refractivity contribution is 6.28. The zero-order valence-corrected chi connectivity index (χ0v) is 16.0. The van der Waals surface area contributed by atoms with Gasteiger partial charge in [-0.1, -0.05) is 24.3 Å². The molecule has 2 aromatic heterocycles. The molecule has 0 fully saturated rings. The van der Waals surface area contributed by atoms with Gasteiger partial charge < -0.3 is 4.57 Å². The van der Waals surface area contributed by atoms with Crippen LogP contribution < -0.4 is 4.90 Å². The number of benzene rings is 1. The fraction of sp³-hybridized carbons (Fsp3) is 0.263. The van der Waals surface area contributed by atoms with Gasteiger partial charge in [0.05, 0.1) is 6.54 Å². The van der Waals surface area contributed by atoms with Crippen LogP contribution in [0.4, 0.5) is 19.0 Å². The number of imidazole rings is 1. The van der Waals surface area contributed by atoms with E-state index in [9.17, 15) is 18.0 Å². The minimum atomic E-state index is -4.50. The number of rotatable bonds is 3. The summed E-state index contributed by atoms with van der Waals surface area (Å²) in [4.78, 5) is 25.8. The monoisotopic (exact) mass is 421 g/mol. The third-order valence-corrected chi connectivity index (χ3v) is 4.88. The predicted molar refractivity (Wildman–Crippen MR) is 100 cm³/mol. The van der Waals surface area contributed by atoms with Gasteiger partial charge in [-0.2, -0.15) is 18.2 Å². The van der Waals surface area contributed by atoms with Crippen molar-refractivity contribution < 1.29 is 18.0 Å². The Balaban J connectivity index is 1.59. The van der Waals surface area contributed by atoms with E-state index in [1.54, 1.807) is 35.4 Å². The van der Waals surface area contributed by atoms with Crippen molar-refractivity contribution in [1.82, 2.24) is 19.5 Å². The first kappa shape index (κ1) is 19.4. The topological polar surface area (TPSA) is 63.9 Å². The maximum absolute atomic E-state index is 12.9. The smallest absolute Gasteiger partial charge is 0.333 e. The second kappa shape index (κ2) is 7.14. The molecule has 0 N–H and O–H groups in total. The fourth-order valence-electron chi connectivity index (χ4n) is 3.26. The Morgan fingerprint density at radius 2 is 1.86 bits per heavy atom. The minimum absolute atomic E-state index is 0.0639. The molecule has 150 valence electrons. The molecule has 29 heavy (non-hydrogen) atoms. The number of alkyl halides is 3. The van der Waals surface area contributed by atoms with Gasteiger partial charge in [0, 0.05) is 37.0 Å². The third kappa shape index (κ3) is 3.82. The summed E-state index contributed by atoms with van der Waals surface area (Å²) in [6.07, 6.45) is -1.02. The lowest BCUT2D eigenvalue weighted by Gasteiger charge is -2.28. The molecule has 0 radical (unpaired) electrons. The van der Waals surface area contributed by atoms with E-state index in [1.165, 1.54) is 11.6 Å². The van der Waals surface area contributed by atoms with Crippen LogP contribution in [0.1, 0.15) is 23.2 Å². The van der Waals surface area contributed by atoms with Gasteiger partial charge in [0.15, 0.2) is 5.69 Å². The van der Waals surface area contributed by atoms with Crippen molar-refractivity contribution in [3.63, 3.8) is 0 Å². The van der Waals surface area contributed by atoms with Crippen LogP contribution in [0.25, 0.3) is 11.4 Å². The third-order valence-electron chi connectivity index (χ3n) is 4.70. The first-order valence-electron chi connectivity index (χ1n) is 8.74. The van der Waals surface area contributed by atoms with Gasteiger partial charge >= 0.3 is 6.18 Å². The van der Waals surface area contributed by atoms with E-state index in [0.717, 1.165) is 17.3 Å². The van der Waals surface area contributed by atoms with Gasteiger partial charge in [-0.05, 0) is 23.6 Å². The van der Waals surface area contributed by atoms with E-state index >= 15 is 0 Å². The molecule has 6 nitrogen and oxygen atoms in total. The van der Waals surface area contributed by atoms with Crippen molar-refractivity contribution in [2.75, 3.05) is 4.90 Å². The molecule has 1 aliphatic heterocycles. The molecule has 0 saturated carbocycles. The van der Waals surface area contributed by atoms with Crippen molar-refractivity contribution in [1.29, 1.82) is 0 Å². The molecule has 0 unspecified atom stereocenters. The van der Waals surface area contributed by atoms with E-state index in [-0.39, 0.29) is 23.6 Å². The lowest BCUT2D eigenvalue weighted by Crippen LogP contribution is -2.35. The number of fused-ring (bicyclic) bond motifs is 1. The maximum atomic E-state index is 12.9. The number of amides is 1. The summed E-state index contributed by atoms with van der Waals surface area (Å²) in [6, 6.07) is 6.86. The van der Waals surface area contributed by atoms with Gasteiger partial charge in [-0.25, -0.2) is 9.97 Å². The summed E-state index contributed by atoms with van der Waals surface area (Å²) in [7, 11) is 1.51. The summed E-state index contributed by atoms with van der Waals surface area (Å²) >= 11 is 5.88. The normalized spacial score (nSPS) is 14.2. The SMILES string of the molecule is Cn1cc(C(F)(F)F)nc1-c1ccc(CN2C(=O)CCc3cnc(Cl)nc32)cc1. The van der Waals surface area contributed by atoms with Crippen LogP contribution in [-0.4, -0.2) is 25.4 Å². The number of halogens is 4. The molecule has 1 aliphatic rings. The molecule has 0 bridgehead atoms. The van der Waals surface area contributed by atoms with E-state index in [4.69, 9.17) is 11.6 Å². The minimum Gasteiger partial charge on any atom is -0.333 e. The van der Waals surface area contributed by atoms with Crippen LogP contribution in [0, 0.1) is 0 Å². The number of aromatic nitrogens is 4. The zero-order valence-electron chi connectivity index (χ0n) is 15.2. The van der Waals surface area contributed by atoms with Crippen molar-refractivity contribution in [2.24, 2.45) is 7.05 Å². The largest absolute Gasteiger partial charge is 0.434 e. The second-order valence-electron chi connectivity index (χ2n) is 6.72. The van der Waals surface area contributed by atoms with Gasteiger partial charge in [-0.15, -0.1) is 0 Å². The number of aryl methyl sites for hydroxylation is 2. The van der Waals surface area contributed by atoms with Crippen LogP contribution in [0.2, 0.25) is 5.28 Å². The number of nitrogens with zero attached hydrogens (tertiary/aromatic N) is 5. The standard InChI is InChI=1S/C19H15ClF3N5O/c1-27-10-14(19(21,22)23)25-16(27)12-4-2-11(3-5-12)9-28-15(29)7-6-13-8-24-18(20)26-17(13)28/h2-5,8,10H,6-7,9H2,1H3. The quantitative estimate of drug-likeness (QED) is 0.599. The van der Waals surface area contributed by atoms with E-state index < -0.39 is 11.9 Å². The van der Waals surface area contributed by atoms with Crippen LogP contribution in [0.5, 0.6) is 0 Å². The number of hydrogen-bond donors (Lipinski definition) is 0. The van der Waals surface area contributed by atoms with Gasteiger partial charge in [0.1, 0.15) is 11.6 Å². The number of anilines is 1. The highest BCUT2D eigenvalue weighted by Gasteiger charge is 2.34. The highest BCUT2D eigenvalue weighted by atomic mass is 35.5. The Bertz CT molecular complexity index is 1080. The van der Waals surface area contributed by atoms with E-state index in [2.05, 4.69) is 15.0 Å². The zero-order chi connectivity index (χ0) is 20.8. The molecular formula is C19H15ClF3N5O. The van der Waals surface area contributed by atoms with E-state index in [0.29, 0.717) is 24.2 Å². The molecule has 3 heterocycles. The summed E-state index contributed by atoms with van der Waals surface area (Å²) in [6.45, 7) is 0.272. The van der Waals surface area contributed by atoms with Gasteiger partial charge in [-0.3, -0.25) is 9.69 Å². The molecule has 10 heteroatoms. The molecule has 1 amide bonds. The lowest BCUT2D eigenvalue weighted by atomic mass is 10.0. The Kier molecular flexibility index (Phi) is 4.77. The average Bonchev–Trinajstić information content (AvgIpc) is 3.07. The number of carbonyl (C=O) groups excluding carboxylic acids is 1. The molecule has 0 atom stereocenters. The van der Waals surface area contributed by atoms with Gasteiger partial charge in [0.2, 0.25) is 11.2 Å². The summed E-state index contributed by atoms with van der Waals surface area (Å²) in [5.41, 5.74) is 1.25. The first-order chi connectivity index (χ1) is 13.7. The first-order valence-corrected chi connectivity index (χ1v) is 9.12. The molecule has 1 aromatic carbocycles. The highest BCUT2D eigenvalue weighted by Crippen LogP contribution is 2.31. The molecule has 0 saturated heterocycles. The van der Waals surface area contributed by atoms with Crippen LogP contribution in [0.15, 0.2) is 36.7 Å². The number of hydrogen-bond acceptors (Lipinski definition) is 4. The Morgan fingerprint density at radius 1 is 1.14 bits per heavy atom. The Labute approximate surface area is 169 Å². The number of carbonyl (C=O) groups is 1. The molecule has 0 aliphatic carbocycles. The van der Waals surface area contributed by atoms with E-state index in [1.807, 2.05) is 0 Å². The fourth-order valence-corrected chi connectivity index (χ4v) is 3.39. The van der Waals surface area contributed by atoms with Crippen LogP contribution in [-0.2, 0) is 31.0 Å². The van der Waals surface area contributed by atoms with Crippen LogP contribution >= 0.6 is 11.6 Å². The summed E-state index contributed by atoms with van der Waals surface area (Å²) < 4.78 is 40.0.